The van der Waals surface area contributed by atoms with Crippen LogP contribution in [0.2, 0.25) is 0 Å². The van der Waals surface area contributed by atoms with Crippen molar-refractivity contribution in [2.24, 2.45) is 0 Å². The van der Waals surface area contributed by atoms with Gasteiger partial charge in [0.25, 0.3) is 0 Å². The summed E-state index contributed by atoms with van der Waals surface area (Å²) in [4.78, 5) is 39.6. The molecule has 0 aromatic heterocycles. The van der Waals surface area contributed by atoms with E-state index in [-0.39, 0.29) is 17.6 Å². The molecule has 0 spiro atoms. The van der Waals surface area contributed by atoms with Gasteiger partial charge in [0.2, 0.25) is 0 Å². The standard InChI is InChI=1S/C20H27N3O5/c1-20(2,3)28-19(27)23-11-10-22(18(26)21-15-8-9-15)12-16(23)13-4-6-14(7-5-13)17(24)25/h4-7,15-16H,8-12H2,1-3H3,(H,21,26)(H,24,25)/t16-/m1/s1. The number of carbonyl (C=O) groups is 3. The van der Waals surface area contributed by atoms with Gasteiger partial charge in [0.1, 0.15) is 5.60 Å². The topological polar surface area (TPSA) is 99.2 Å². The number of nitrogens with one attached hydrogen (secondary N) is 1. The molecule has 152 valence electrons. The molecule has 8 heteroatoms. The highest BCUT2D eigenvalue weighted by molar-refractivity contribution is 5.87. The van der Waals surface area contributed by atoms with Gasteiger partial charge in [-0.25, -0.2) is 14.4 Å². The van der Waals surface area contributed by atoms with Crippen molar-refractivity contribution in [1.82, 2.24) is 15.1 Å². The van der Waals surface area contributed by atoms with Crippen LogP contribution in [0.25, 0.3) is 0 Å². The van der Waals surface area contributed by atoms with E-state index in [4.69, 9.17) is 9.84 Å². The molecular formula is C20H27N3O5. The number of aromatic carboxylic acids is 1. The SMILES string of the molecule is CC(C)(C)OC(=O)N1CCN(C(=O)NC2CC2)C[C@@H]1c1ccc(C(=O)O)cc1. The first-order valence-electron chi connectivity index (χ1n) is 9.52. The van der Waals surface area contributed by atoms with Crippen LogP contribution in [0.5, 0.6) is 0 Å². The van der Waals surface area contributed by atoms with E-state index < -0.39 is 23.7 Å². The number of hydrogen-bond acceptors (Lipinski definition) is 4. The second-order valence-corrected chi connectivity index (χ2v) is 8.29. The highest BCUT2D eigenvalue weighted by Crippen LogP contribution is 2.28. The summed E-state index contributed by atoms with van der Waals surface area (Å²) < 4.78 is 5.53. The molecule has 2 N–H and O–H groups in total. The lowest BCUT2D eigenvalue weighted by atomic mass is 10.0. The molecule has 1 saturated carbocycles. The Morgan fingerprint density at radius 3 is 2.29 bits per heavy atom. The molecule has 0 radical (unpaired) electrons. The number of benzene rings is 1. The maximum atomic E-state index is 12.7. The molecule has 1 heterocycles. The van der Waals surface area contributed by atoms with Gasteiger partial charge in [-0.1, -0.05) is 12.1 Å². The van der Waals surface area contributed by atoms with Crippen molar-refractivity contribution in [1.29, 1.82) is 0 Å². The summed E-state index contributed by atoms with van der Waals surface area (Å²) in [7, 11) is 0. The summed E-state index contributed by atoms with van der Waals surface area (Å²) in [6.07, 6.45) is 1.56. The molecule has 1 atom stereocenters. The summed E-state index contributed by atoms with van der Waals surface area (Å²) in [6.45, 7) is 6.51. The molecule has 2 aliphatic rings. The lowest BCUT2D eigenvalue weighted by molar-refractivity contribution is 0.00220. The predicted molar refractivity (Wildman–Crippen MR) is 102 cm³/mol. The van der Waals surface area contributed by atoms with Crippen LogP contribution in [0.1, 0.15) is 55.6 Å². The van der Waals surface area contributed by atoms with Crippen molar-refractivity contribution in [3.8, 4) is 0 Å². The lowest BCUT2D eigenvalue weighted by Crippen LogP contribution is -2.55. The average molecular weight is 389 g/mol. The van der Waals surface area contributed by atoms with Crippen LogP contribution in [0.4, 0.5) is 9.59 Å². The van der Waals surface area contributed by atoms with E-state index in [9.17, 15) is 14.4 Å². The van der Waals surface area contributed by atoms with Crippen LogP contribution in [0.15, 0.2) is 24.3 Å². The van der Waals surface area contributed by atoms with E-state index in [1.807, 2.05) is 0 Å². The van der Waals surface area contributed by atoms with Gasteiger partial charge in [0.15, 0.2) is 0 Å². The highest BCUT2D eigenvalue weighted by Gasteiger charge is 2.37. The lowest BCUT2D eigenvalue weighted by Gasteiger charge is -2.41. The van der Waals surface area contributed by atoms with E-state index in [0.29, 0.717) is 19.6 Å². The maximum absolute atomic E-state index is 12.7. The first kappa shape index (κ1) is 20.0. The third-order valence-electron chi connectivity index (χ3n) is 4.74. The molecular weight excluding hydrogens is 362 g/mol. The van der Waals surface area contributed by atoms with E-state index in [2.05, 4.69) is 5.32 Å². The highest BCUT2D eigenvalue weighted by atomic mass is 16.6. The molecule has 0 unspecified atom stereocenters. The van der Waals surface area contributed by atoms with Gasteiger partial charge >= 0.3 is 18.1 Å². The summed E-state index contributed by atoms with van der Waals surface area (Å²) in [5.41, 5.74) is 0.307. The zero-order chi connectivity index (χ0) is 20.5. The fraction of sp³-hybridized carbons (Fsp3) is 0.550. The van der Waals surface area contributed by atoms with Gasteiger partial charge in [-0.2, -0.15) is 0 Å². The van der Waals surface area contributed by atoms with E-state index >= 15 is 0 Å². The third kappa shape index (κ3) is 4.94. The number of ether oxygens (including phenoxy) is 1. The Morgan fingerprint density at radius 1 is 1.11 bits per heavy atom. The number of hydrogen-bond donors (Lipinski definition) is 2. The molecule has 8 nitrogen and oxygen atoms in total. The van der Waals surface area contributed by atoms with Gasteiger partial charge in [-0.15, -0.1) is 0 Å². The molecule has 1 aromatic carbocycles. The van der Waals surface area contributed by atoms with Crippen molar-refractivity contribution in [2.45, 2.75) is 51.3 Å². The van der Waals surface area contributed by atoms with E-state index in [0.717, 1.165) is 18.4 Å². The summed E-state index contributed by atoms with van der Waals surface area (Å²) in [5, 5.41) is 12.1. The van der Waals surface area contributed by atoms with Crippen molar-refractivity contribution in [3.05, 3.63) is 35.4 Å². The van der Waals surface area contributed by atoms with Gasteiger partial charge in [0.05, 0.1) is 11.6 Å². The number of nitrogens with zero attached hydrogens (tertiary/aromatic N) is 2. The smallest absolute Gasteiger partial charge is 0.410 e. The largest absolute Gasteiger partial charge is 0.478 e. The Labute approximate surface area is 164 Å². The predicted octanol–water partition coefficient (Wildman–Crippen LogP) is 2.85. The molecule has 3 rings (SSSR count). The zero-order valence-corrected chi connectivity index (χ0v) is 16.5. The van der Waals surface area contributed by atoms with Crippen molar-refractivity contribution >= 4 is 18.1 Å². The van der Waals surface area contributed by atoms with Gasteiger partial charge in [0, 0.05) is 25.7 Å². The molecule has 3 amide bonds. The Kier molecular flexibility index (Phi) is 5.49. The number of carboxylic acid groups (broad SMARTS) is 1. The van der Waals surface area contributed by atoms with Crippen molar-refractivity contribution < 1.29 is 24.2 Å². The number of carboxylic acids is 1. The van der Waals surface area contributed by atoms with E-state index in [1.165, 1.54) is 12.1 Å². The number of rotatable bonds is 3. The van der Waals surface area contributed by atoms with Crippen LogP contribution in [-0.2, 0) is 4.74 Å². The quantitative estimate of drug-likeness (QED) is 0.828. The Hall–Kier alpha value is -2.77. The number of amides is 3. The first-order valence-corrected chi connectivity index (χ1v) is 9.52. The van der Waals surface area contributed by atoms with Gasteiger partial charge in [-0.05, 0) is 51.3 Å². The van der Waals surface area contributed by atoms with Crippen LogP contribution in [-0.4, -0.2) is 64.3 Å². The van der Waals surface area contributed by atoms with Crippen LogP contribution < -0.4 is 5.32 Å². The minimum atomic E-state index is -1.01. The summed E-state index contributed by atoms with van der Waals surface area (Å²) in [6, 6.07) is 6.11. The molecule has 1 aromatic rings. The molecule has 1 aliphatic carbocycles. The second kappa shape index (κ2) is 7.69. The van der Waals surface area contributed by atoms with Crippen molar-refractivity contribution in [2.75, 3.05) is 19.6 Å². The van der Waals surface area contributed by atoms with Crippen molar-refractivity contribution in [3.63, 3.8) is 0 Å². The second-order valence-electron chi connectivity index (χ2n) is 8.29. The van der Waals surface area contributed by atoms with Crippen LogP contribution in [0.3, 0.4) is 0 Å². The summed E-state index contributed by atoms with van der Waals surface area (Å²) >= 11 is 0. The van der Waals surface area contributed by atoms with Gasteiger partial charge in [-0.3, -0.25) is 4.90 Å². The molecule has 2 fully saturated rings. The van der Waals surface area contributed by atoms with Crippen LogP contribution in [0, 0.1) is 0 Å². The fourth-order valence-electron chi connectivity index (χ4n) is 3.13. The Morgan fingerprint density at radius 2 is 1.75 bits per heavy atom. The fourth-order valence-corrected chi connectivity index (χ4v) is 3.13. The average Bonchev–Trinajstić information content (AvgIpc) is 3.43. The van der Waals surface area contributed by atoms with E-state index in [1.54, 1.807) is 42.7 Å². The normalized spacial score (nSPS) is 19.9. The Bertz CT molecular complexity index is 752. The third-order valence-corrected chi connectivity index (χ3v) is 4.74. The molecule has 28 heavy (non-hydrogen) atoms. The van der Waals surface area contributed by atoms with Crippen LogP contribution >= 0.6 is 0 Å². The van der Waals surface area contributed by atoms with Gasteiger partial charge < -0.3 is 20.1 Å². The molecule has 1 aliphatic heterocycles. The number of piperazine rings is 1. The minimum Gasteiger partial charge on any atom is -0.478 e. The maximum Gasteiger partial charge on any atom is 0.410 e. The zero-order valence-electron chi connectivity index (χ0n) is 16.5. The minimum absolute atomic E-state index is 0.126. The number of carbonyl (C=O) groups excluding carboxylic acids is 2. The summed E-state index contributed by atoms with van der Waals surface area (Å²) in [5.74, 6) is -1.01. The molecule has 0 bridgehead atoms. The Balaban J connectivity index is 1.81. The monoisotopic (exact) mass is 389 g/mol. The molecule has 1 saturated heterocycles. The number of urea groups is 1. The first-order chi connectivity index (χ1) is 13.1.